The summed E-state index contributed by atoms with van der Waals surface area (Å²) >= 11 is 3.16. The fourth-order valence-electron chi connectivity index (χ4n) is 7.50. The highest BCUT2D eigenvalue weighted by Crippen LogP contribution is 2.52. The Morgan fingerprint density at radius 1 is 0.480 bits per heavy atom. The van der Waals surface area contributed by atoms with Gasteiger partial charge in [0, 0.05) is 19.6 Å². The Balaban J connectivity index is 1.47. The summed E-state index contributed by atoms with van der Waals surface area (Å²) in [4.78, 5) is 4.12. The molecule has 0 amide bonds. The van der Waals surface area contributed by atoms with Crippen molar-refractivity contribution in [2.24, 2.45) is 0 Å². The quantitative estimate of drug-likeness (QED) is 0.0525. The van der Waals surface area contributed by atoms with E-state index in [1.165, 1.54) is 172 Å². The van der Waals surface area contributed by atoms with Crippen molar-refractivity contribution < 1.29 is 13.0 Å². The molecule has 1 heterocycles. The number of hydrogen-bond donors (Lipinski definition) is 1. The maximum absolute atomic E-state index is 13.1. The molecule has 0 saturated heterocycles. The zero-order valence-electron chi connectivity index (χ0n) is 32.1. The van der Waals surface area contributed by atoms with Crippen molar-refractivity contribution in [2.45, 2.75) is 231 Å². The van der Waals surface area contributed by atoms with Gasteiger partial charge in [0.25, 0.3) is 10.1 Å². The van der Waals surface area contributed by atoms with Crippen LogP contribution in [0.1, 0.15) is 205 Å². The first kappa shape index (κ1) is 43.5. The summed E-state index contributed by atoms with van der Waals surface area (Å²) in [7, 11) is -4.36. The second-order valence-electron chi connectivity index (χ2n) is 15.0. The van der Waals surface area contributed by atoms with Crippen molar-refractivity contribution in [3.8, 4) is 0 Å². The van der Waals surface area contributed by atoms with E-state index < -0.39 is 10.1 Å². The molecule has 0 spiro atoms. The number of rotatable bonds is 31. The molecule has 3 nitrogen and oxygen atoms in total. The van der Waals surface area contributed by atoms with E-state index in [2.05, 4.69) is 32.0 Å². The highest BCUT2D eigenvalue weighted by Gasteiger charge is 2.30. The smallest absolute Gasteiger partial charge is 0.282 e. The SMILES string of the molecule is CCCCCCCCCCCCCCCCc1cc2c(c(S(=O)(=O)O)c1CCCCCCCCCCCCCCCC)Sc1ccccc1S2. The summed E-state index contributed by atoms with van der Waals surface area (Å²) in [5.41, 5.74) is 2.02. The van der Waals surface area contributed by atoms with Gasteiger partial charge in [0.1, 0.15) is 4.90 Å². The second kappa shape index (κ2) is 26.8. The molecule has 3 rings (SSSR count). The van der Waals surface area contributed by atoms with Gasteiger partial charge in [-0.15, -0.1) is 0 Å². The van der Waals surface area contributed by atoms with Crippen molar-refractivity contribution in [1.82, 2.24) is 0 Å². The zero-order valence-corrected chi connectivity index (χ0v) is 34.5. The molecule has 0 radical (unpaired) electrons. The third-order valence-corrected chi connectivity index (χ3v) is 14.2. The van der Waals surface area contributed by atoms with Crippen molar-refractivity contribution >= 4 is 33.6 Å². The van der Waals surface area contributed by atoms with Gasteiger partial charge in [-0.3, -0.25) is 4.55 Å². The Morgan fingerprint density at radius 2 is 0.840 bits per heavy atom. The van der Waals surface area contributed by atoms with Crippen LogP contribution in [-0.2, 0) is 23.0 Å². The van der Waals surface area contributed by atoms with E-state index in [-0.39, 0.29) is 4.90 Å². The minimum absolute atomic E-state index is 0.192. The van der Waals surface area contributed by atoms with E-state index in [0.29, 0.717) is 0 Å². The topological polar surface area (TPSA) is 54.4 Å². The molecule has 2 aromatic rings. The van der Waals surface area contributed by atoms with Gasteiger partial charge in [0.05, 0.1) is 0 Å². The summed E-state index contributed by atoms with van der Waals surface area (Å²) in [6, 6.07) is 10.5. The minimum Gasteiger partial charge on any atom is -0.282 e. The Bertz CT molecular complexity index is 1290. The average Bonchev–Trinajstić information content (AvgIpc) is 3.10. The van der Waals surface area contributed by atoms with Gasteiger partial charge < -0.3 is 0 Å². The largest absolute Gasteiger partial charge is 0.295 e. The molecule has 1 N–H and O–H groups in total. The fourth-order valence-corrected chi connectivity index (χ4v) is 11.3. The molecule has 0 fully saturated rings. The van der Waals surface area contributed by atoms with Crippen LogP contribution in [0.2, 0.25) is 0 Å². The third kappa shape index (κ3) is 17.3. The van der Waals surface area contributed by atoms with E-state index in [4.69, 9.17) is 0 Å². The Morgan fingerprint density at radius 3 is 1.24 bits per heavy atom. The maximum atomic E-state index is 13.1. The van der Waals surface area contributed by atoms with E-state index >= 15 is 0 Å². The molecule has 284 valence electrons. The van der Waals surface area contributed by atoms with Crippen LogP contribution in [-0.4, -0.2) is 13.0 Å². The molecule has 2 aromatic carbocycles. The number of fused-ring (bicyclic) bond motifs is 2. The standard InChI is InChI=1S/C44H72O3S3/c1-3-5-7-9-11-13-15-17-19-21-23-25-27-29-33-38-37-42-43(49-41-36-32-31-35-40(41)48-42)44(50(45,46)47)39(38)34-30-28-26-24-22-20-18-16-14-12-10-8-6-4-2/h31-32,35-37H,3-30,33-34H2,1-2H3,(H,45,46,47). The molecule has 0 bridgehead atoms. The van der Waals surface area contributed by atoms with Gasteiger partial charge in [0.2, 0.25) is 0 Å². The van der Waals surface area contributed by atoms with Gasteiger partial charge in [-0.1, -0.05) is 216 Å². The fraction of sp³-hybridized carbons (Fsp3) is 0.727. The minimum atomic E-state index is -4.36. The predicted molar refractivity (Wildman–Crippen MR) is 219 cm³/mol. The molecular formula is C44H72O3S3. The van der Waals surface area contributed by atoms with Gasteiger partial charge in [0.15, 0.2) is 0 Å². The summed E-state index contributed by atoms with van der Waals surface area (Å²) in [5.74, 6) is 0. The molecule has 1 aliphatic rings. The molecule has 6 heteroatoms. The van der Waals surface area contributed by atoms with Crippen LogP contribution < -0.4 is 0 Å². The number of hydrogen-bond acceptors (Lipinski definition) is 4. The second-order valence-corrected chi connectivity index (χ2v) is 18.5. The van der Waals surface area contributed by atoms with Crippen LogP contribution in [0, 0.1) is 0 Å². The maximum Gasteiger partial charge on any atom is 0.295 e. The first-order chi connectivity index (χ1) is 24.5. The monoisotopic (exact) mass is 744 g/mol. The molecule has 0 saturated carbocycles. The number of unbranched alkanes of at least 4 members (excludes halogenated alkanes) is 26. The van der Waals surface area contributed by atoms with Crippen molar-refractivity contribution in [3.05, 3.63) is 41.5 Å². The Hall–Kier alpha value is -0.950. The summed E-state index contributed by atoms with van der Waals surface area (Å²) < 4.78 is 36.8. The molecule has 0 atom stereocenters. The normalized spacial score (nSPS) is 12.7. The molecular weight excluding hydrogens is 673 g/mol. The lowest BCUT2D eigenvalue weighted by Crippen LogP contribution is -2.11. The molecule has 50 heavy (non-hydrogen) atoms. The van der Waals surface area contributed by atoms with Crippen molar-refractivity contribution in [2.75, 3.05) is 0 Å². The van der Waals surface area contributed by atoms with Crippen LogP contribution in [0.25, 0.3) is 0 Å². The van der Waals surface area contributed by atoms with Crippen LogP contribution >= 0.6 is 23.5 Å². The van der Waals surface area contributed by atoms with Crippen molar-refractivity contribution in [1.29, 1.82) is 0 Å². The summed E-state index contributed by atoms with van der Waals surface area (Å²) in [6.07, 6.45) is 38.5. The van der Waals surface area contributed by atoms with Gasteiger partial charge in [-0.25, -0.2) is 0 Å². The number of aryl methyl sites for hydroxylation is 1. The molecule has 0 aliphatic carbocycles. The van der Waals surface area contributed by atoms with Gasteiger partial charge in [-0.2, -0.15) is 8.42 Å². The first-order valence-electron chi connectivity index (χ1n) is 21.1. The lowest BCUT2D eigenvalue weighted by molar-refractivity contribution is 0.477. The van der Waals surface area contributed by atoms with E-state index in [1.54, 1.807) is 11.8 Å². The van der Waals surface area contributed by atoms with Crippen LogP contribution in [0.3, 0.4) is 0 Å². The van der Waals surface area contributed by atoms with Crippen LogP contribution in [0.5, 0.6) is 0 Å². The summed E-state index contributed by atoms with van der Waals surface area (Å²) in [6.45, 7) is 4.56. The first-order valence-corrected chi connectivity index (χ1v) is 24.1. The van der Waals surface area contributed by atoms with Gasteiger partial charge in [-0.05, 0) is 55.0 Å². The zero-order chi connectivity index (χ0) is 35.7. The lowest BCUT2D eigenvalue weighted by Gasteiger charge is -2.24. The van der Waals surface area contributed by atoms with Crippen molar-refractivity contribution in [3.63, 3.8) is 0 Å². The van der Waals surface area contributed by atoms with E-state index in [1.807, 2.05) is 12.1 Å². The van der Waals surface area contributed by atoms with E-state index in [9.17, 15) is 13.0 Å². The summed E-state index contributed by atoms with van der Waals surface area (Å²) in [5, 5.41) is 0. The highest BCUT2D eigenvalue weighted by molar-refractivity contribution is 8.05. The van der Waals surface area contributed by atoms with Crippen LogP contribution in [0.4, 0.5) is 0 Å². The third-order valence-electron chi connectivity index (χ3n) is 10.5. The van der Waals surface area contributed by atoms with E-state index in [0.717, 1.165) is 62.8 Å². The van der Waals surface area contributed by atoms with Crippen LogP contribution in [0.15, 0.2) is 54.8 Å². The average molecular weight is 745 g/mol. The lowest BCUT2D eigenvalue weighted by atomic mass is 9.96. The highest BCUT2D eigenvalue weighted by atomic mass is 32.2. The molecule has 0 unspecified atom stereocenters. The predicted octanol–water partition coefficient (Wildman–Crippen LogP) is 15.6. The molecule has 1 aliphatic heterocycles. The Kier molecular flexibility index (Phi) is 23.3. The van der Waals surface area contributed by atoms with Gasteiger partial charge >= 0.3 is 0 Å². The molecule has 0 aromatic heterocycles. The Labute approximate surface area is 317 Å². The number of benzene rings is 2.